The van der Waals surface area contributed by atoms with Gasteiger partial charge in [-0.15, -0.1) is 0 Å². The fraction of sp³-hybridized carbons (Fsp3) is 0.400. The molecule has 2 aromatic rings. The molecule has 25 heavy (non-hydrogen) atoms. The first-order valence-electron chi connectivity index (χ1n) is 8.92. The Kier molecular flexibility index (Phi) is 5.53. The molecule has 0 spiro atoms. The topological polar surface area (TPSA) is 48.5 Å². The van der Waals surface area contributed by atoms with Crippen LogP contribution in [0.25, 0.3) is 0 Å². The van der Waals surface area contributed by atoms with Crippen LogP contribution in [0.5, 0.6) is 0 Å². The molecular formula is C20H26N4O. The fourth-order valence-corrected chi connectivity index (χ4v) is 2.95. The molecule has 1 aliphatic heterocycles. The molecule has 1 aromatic carbocycles. The zero-order chi connectivity index (χ0) is 17.6. The van der Waals surface area contributed by atoms with Gasteiger partial charge in [0.2, 0.25) is 0 Å². The number of nitrogens with zero attached hydrogens (tertiary/aromatic N) is 3. The lowest BCUT2D eigenvalue weighted by Crippen LogP contribution is -2.49. The summed E-state index contributed by atoms with van der Waals surface area (Å²) in [4.78, 5) is 21.2. The third-order valence-corrected chi connectivity index (χ3v) is 4.38. The van der Waals surface area contributed by atoms with Crippen molar-refractivity contribution in [3.8, 4) is 0 Å². The van der Waals surface area contributed by atoms with Gasteiger partial charge in [0.15, 0.2) is 0 Å². The number of carbonyl (C=O) groups excluding carboxylic acids is 1. The summed E-state index contributed by atoms with van der Waals surface area (Å²) in [7, 11) is 0. The maximum Gasteiger partial charge on any atom is 0.272 e. The average Bonchev–Trinajstić information content (AvgIpc) is 2.67. The van der Waals surface area contributed by atoms with Crippen LogP contribution in [-0.2, 0) is 0 Å². The second kappa shape index (κ2) is 8.01. The minimum absolute atomic E-state index is 0.0147. The normalized spacial score (nSPS) is 14.7. The van der Waals surface area contributed by atoms with Crippen LogP contribution in [0.4, 0.5) is 11.4 Å². The molecule has 2 heterocycles. The molecule has 1 aromatic heterocycles. The fourth-order valence-electron chi connectivity index (χ4n) is 2.95. The highest BCUT2D eigenvalue weighted by molar-refractivity contribution is 5.93. The van der Waals surface area contributed by atoms with Crippen LogP contribution < -0.4 is 10.2 Å². The summed E-state index contributed by atoms with van der Waals surface area (Å²) in [5.74, 6) is 0.569. The number of rotatable bonds is 5. The maximum absolute atomic E-state index is 12.8. The standard InChI is InChI=1S/C20H26N4O/c1-16(2)15-22-17-8-9-21-19(14-17)20(25)24-12-10-23(11-13-24)18-6-4-3-5-7-18/h3-9,14,16H,10-13,15H2,1-2H3,(H,21,22). The Morgan fingerprint density at radius 2 is 1.84 bits per heavy atom. The van der Waals surface area contributed by atoms with E-state index in [-0.39, 0.29) is 5.91 Å². The lowest BCUT2D eigenvalue weighted by Gasteiger charge is -2.36. The number of nitrogens with one attached hydrogen (secondary N) is 1. The molecule has 0 atom stereocenters. The first kappa shape index (κ1) is 17.3. The van der Waals surface area contributed by atoms with Gasteiger partial charge in [-0.3, -0.25) is 9.78 Å². The van der Waals surface area contributed by atoms with E-state index in [4.69, 9.17) is 0 Å². The summed E-state index contributed by atoms with van der Waals surface area (Å²) in [5.41, 5.74) is 2.68. The number of benzene rings is 1. The van der Waals surface area contributed by atoms with Gasteiger partial charge in [0.05, 0.1) is 0 Å². The van der Waals surface area contributed by atoms with E-state index in [2.05, 4.69) is 41.2 Å². The van der Waals surface area contributed by atoms with E-state index in [1.54, 1.807) is 6.20 Å². The highest BCUT2D eigenvalue weighted by Gasteiger charge is 2.23. The summed E-state index contributed by atoms with van der Waals surface area (Å²) in [6.45, 7) is 8.34. The van der Waals surface area contributed by atoms with Crippen LogP contribution in [0.1, 0.15) is 24.3 Å². The van der Waals surface area contributed by atoms with E-state index in [0.717, 1.165) is 38.4 Å². The molecule has 1 fully saturated rings. The van der Waals surface area contributed by atoms with Crippen molar-refractivity contribution in [3.05, 3.63) is 54.4 Å². The van der Waals surface area contributed by atoms with Gasteiger partial charge in [-0.1, -0.05) is 32.0 Å². The van der Waals surface area contributed by atoms with Crippen LogP contribution in [0.15, 0.2) is 48.7 Å². The number of para-hydroxylation sites is 1. The molecule has 0 radical (unpaired) electrons. The molecule has 5 nitrogen and oxygen atoms in total. The van der Waals surface area contributed by atoms with E-state index in [0.29, 0.717) is 11.6 Å². The highest BCUT2D eigenvalue weighted by Crippen LogP contribution is 2.17. The van der Waals surface area contributed by atoms with Crippen molar-refractivity contribution >= 4 is 17.3 Å². The Morgan fingerprint density at radius 3 is 2.52 bits per heavy atom. The number of aromatic nitrogens is 1. The lowest BCUT2D eigenvalue weighted by molar-refractivity contribution is 0.0741. The lowest BCUT2D eigenvalue weighted by atomic mass is 10.2. The van der Waals surface area contributed by atoms with Crippen molar-refractivity contribution in [1.29, 1.82) is 0 Å². The number of hydrogen-bond acceptors (Lipinski definition) is 4. The first-order valence-corrected chi connectivity index (χ1v) is 8.92. The minimum Gasteiger partial charge on any atom is -0.385 e. The molecule has 5 heteroatoms. The molecule has 0 bridgehead atoms. The summed E-state index contributed by atoms with van der Waals surface area (Å²) in [5, 5.41) is 3.35. The zero-order valence-corrected chi connectivity index (χ0v) is 15.0. The van der Waals surface area contributed by atoms with E-state index in [1.807, 2.05) is 35.2 Å². The van der Waals surface area contributed by atoms with Crippen LogP contribution in [-0.4, -0.2) is 48.5 Å². The van der Waals surface area contributed by atoms with Gasteiger partial charge >= 0.3 is 0 Å². The number of anilines is 2. The van der Waals surface area contributed by atoms with Gasteiger partial charge in [0.25, 0.3) is 5.91 Å². The molecule has 0 aliphatic carbocycles. The van der Waals surface area contributed by atoms with Crippen LogP contribution >= 0.6 is 0 Å². The molecule has 1 saturated heterocycles. The molecule has 1 amide bonds. The van der Waals surface area contributed by atoms with Gasteiger partial charge in [-0.2, -0.15) is 0 Å². The molecule has 0 unspecified atom stereocenters. The van der Waals surface area contributed by atoms with Crippen molar-refractivity contribution < 1.29 is 4.79 Å². The third kappa shape index (κ3) is 4.50. The number of pyridine rings is 1. The van der Waals surface area contributed by atoms with Crippen molar-refractivity contribution in [2.75, 3.05) is 42.9 Å². The van der Waals surface area contributed by atoms with Crippen molar-refractivity contribution in [3.63, 3.8) is 0 Å². The number of piperazine rings is 1. The summed E-state index contributed by atoms with van der Waals surface area (Å²) >= 11 is 0. The van der Waals surface area contributed by atoms with Gasteiger partial charge in [-0.25, -0.2) is 0 Å². The minimum atomic E-state index is 0.0147. The van der Waals surface area contributed by atoms with Crippen LogP contribution in [0.3, 0.4) is 0 Å². The quantitative estimate of drug-likeness (QED) is 0.910. The smallest absolute Gasteiger partial charge is 0.272 e. The molecule has 1 N–H and O–H groups in total. The Hall–Kier alpha value is -2.56. The van der Waals surface area contributed by atoms with Gasteiger partial charge < -0.3 is 15.1 Å². The van der Waals surface area contributed by atoms with Crippen molar-refractivity contribution in [1.82, 2.24) is 9.88 Å². The number of carbonyl (C=O) groups is 1. The first-order chi connectivity index (χ1) is 12.1. The Balaban J connectivity index is 1.60. The largest absolute Gasteiger partial charge is 0.385 e. The van der Waals surface area contributed by atoms with E-state index < -0.39 is 0 Å². The average molecular weight is 338 g/mol. The summed E-state index contributed by atoms with van der Waals surface area (Å²) in [6, 6.07) is 14.1. The Morgan fingerprint density at radius 1 is 1.12 bits per heavy atom. The van der Waals surface area contributed by atoms with Crippen LogP contribution in [0.2, 0.25) is 0 Å². The van der Waals surface area contributed by atoms with Gasteiger partial charge in [-0.05, 0) is 30.2 Å². The number of hydrogen-bond donors (Lipinski definition) is 1. The van der Waals surface area contributed by atoms with E-state index in [9.17, 15) is 4.79 Å². The Labute approximate surface area is 149 Å². The summed E-state index contributed by atoms with van der Waals surface area (Å²) < 4.78 is 0. The van der Waals surface area contributed by atoms with Crippen LogP contribution in [0, 0.1) is 5.92 Å². The molecule has 1 aliphatic rings. The molecule has 3 rings (SSSR count). The van der Waals surface area contributed by atoms with Gasteiger partial charge in [0, 0.05) is 50.3 Å². The molecular weight excluding hydrogens is 312 g/mol. The monoisotopic (exact) mass is 338 g/mol. The van der Waals surface area contributed by atoms with E-state index in [1.165, 1.54) is 5.69 Å². The number of amides is 1. The molecule has 0 saturated carbocycles. The molecule has 132 valence electrons. The third-order valence-electron chi connectivity index (χ3n) is 4.38. The summed E-state index contributed by atoms with van der Waals surface area (Å²) in [6.07, 6.45) is 1.70. The second-order valence-electron chi connectivity index (χ2n) is 6.82. The van der Waals surface area contributed by atoms with Crippen molar-refractivity contribution in [2.24, 2.45) is 5.92 Å². The SMILES string of the molecule is CC(C)CNc1ccnc(C(=O)N2CCN(c3ccccc3)CC2)c1. The predicted octanol–water partition coefficient (Wildman–Crippen LogP) is 3.11. The van der Waals surface area contributed by atoms with E-state index >= 15 is 0 Å². The van der Waals surface area contributed by atoms with Gasteiger partial charge in [0.1, 0.15) is 5.69 Å². The Bertz CT molecular complexity index is 694. The van der Waals surface area contributed by atoms with Crippen molar-refractivity contribution in [2.45, 2.75) is 13.8 Å². The second-order valence-corrected chi connectivity index (χ2v) is 6.82. The predicted molar refractivity (Wildman–Crippen MR) is 102 cm³/mol. The zero-order valence-electron chi connectivity index (χ0n) is 15.0. The maximum atomic E-state index is 12.8. The highest BCUT2D eigenvalue weighted by atomic mass is 16.2.